The second-order valence-corrected chi connectivity index (χ2v) is 15.4. The van der Waals surface area contributed by atoms with Crippen LogP contribution in [0.15, 0.2) is 23.1 Å². The lowest BCUT2D eigenvalue weighted by atomic mass is 9.99. The van der Waals surface area contributed by atoms with Crippen molar-refractivity contribution in [2.45, 2.75) is 50.9 Å². The van der Waals surface area contributed by atoms with Gasteiger partial charge in [-0.15, -0.1) is 0 Å². The Morgan fingerprint density at radius 2 is 1.69 bits per heavy atom. The monoisotopic (exact) mass is 759 g/mol. The van der Waals surface area contributed by atoms with E-state index in [1.165, 1.54) is 51.0 Å². The highest BCUT2D eigenvalue weighted by molar-refractivity contribution is 7.66. The molecule has 26 heteroatoms. The predicted octanol–water partition coefficient (Wildman–Crippen LogP) is 1.50. The van der Waals surface area contributed by atoms with E-state index in [0.29, 0.717) is 0 Å². The summed E-state index contributed by atoms with van der Waals surface area (Å²) in [6.45, 7) is 1.11. The van der Waals surface area contributed by atoms with Crippen molar-refractivity contribution in [2.24, 2.45) is 0 Å². The molecule has 49 heavy (non-hydrogen) atoms. The highest BCUT2D eigenvalue weighted by Gasteiger charge is 2.54. The van der Waals surface area contributed by atoms with E-state index in [0.717, 1.165) is 0 Å². The summed E-state index contributed by atoms with van der Waals surface area (Å²) in [6.07, 6.45) is -0.345. The number of aromatic nitrogens is 3. The molecule has 3 heterocycles. The minimum Gasteiger partial charge on any atom is -0.493 e. The quantitative estimate of drug-likeness (QED) is 0.0655. The number of nitrogens with two attached hydrogens (primary N) is 1. The van der Waals surface area contributed by atoms with E-state index in [9.17, 15) is 43.5 Å². The number of ether oxygens (including phenoxy) is 4. The van der Waals surface area contributed by atoms with Gasteiger partial charge in [0.15, 0.2) is 17.1 Å². The Labute approximate surface area is 275 Å². The second-order valence-electron chi connectivity index (χ2n) is 10.9. The van der Waals surface area contributed by atoms with Crippen LogP contribution in [0.4, 0.5) is 11.6 Å². The van der Waals surface area contributed by atoms with Crippen LogP contribution in [0.2, 0.25) is 0 Å². The first kappa shape index (κ1) is 38.5. The fourth-order valence-electron chi connectivity index (χ4n) is 5.13. The Morgan fingerprint density at radius 1 is 1.08 bits per heavy atom. The number of phosphoric ester groups is 1. The van der Waals surface area contributed by atoms with E-state index < -0.39 is 58.0 Å². The standard InChI is InChI=1S/C23H32N5O18P3/c1-22(11-43-48(36,37)46-49(38,39)45-47(33,34)35)17(29)7-23(2,44-22)27-8-13(18-19(27)25-21(24)26-20(18)30)10-42-9-12-5-15(40-3)16(41-4)6-14(12)28(31)32/h5-6,8,17,29H,7,9-11H2,1-4H3,(H,36,37)(H,38,39)(H2,33,34,35)(H3,24,25,26,30)/t17-,22?,23?/m1/s1. The lowest BCUT2D eigenvalue weighted by Crippen LogP contribution is -2.42. The SMILES string of the molecule is COc1cc(COCc2cn(C3(C)C[C@@H](O)C(C)(COP(=O)(O)OP(=O)(O)OP(=O)(O)O)O3)c3nc(N)[nH]c(=O)c23)c([N+](=O)[O-])cc1OC. The van der Waals surface area contributed by atoms with Gasteiger partial charge >= 0.3 is 23.5 Å². The van der Waals surface area contributed by atoms with Gasteiger partial charge in [-0.2, -0.15) is 13.6 Å². The van der Waals surface area contributed by atoms with Crippen LogP contribution in [0.3, 0.4) is 0 Å². The van der Waals surface area contributed by atoms with Crippen LogP contribution in [0.5, 0.6) is 11.5 Å². The van der Waals surface area contributed by atoms with E-state index in [2.05, 4.69) is 18.6 Å². The number of nitrogen functional groups attached to an aromatic ring is 1. The number of H-pyrrole nitrogens is 1. The van der Waals surface area contributed by atoms with E-state index in [4.69, 9.17) is 39.0 Å². The van der Waals surface area contributed by atoms with Crippen molar-refractivity contribution in [3.8, 4) is 11.5 Å². The Kier molecular flexibility index (Phi) is 10.9. The van der Waals surface area contributed by atoms with Crippen LogP contribution in [0, 0.1) is 10.1 Å². The third-order valence-electron chi connectivity index (χ3n) is 7.22. The van der Waals surface area contributed by atoms with Crippen LogP contribution >= 0.6 is 23.5 Å². The number of nitrogens with zero attached hydrogens (tertiary/aromatic N) is 3. The third kappa shape index (κ3) is 8.73. The van der Waals surface area contributed by atoms with Crippen LogP contribution in [-0.4, -0.2) is 76.7 Å². The summed E-state index contributed by atoms with van der Waals surface area (Å²) in [4.78, 5) is 67.4. The van der Waals surface area contributed by atoms with Crippen molar-refractivity contribution >= 4 is 46.1 Å². The molecule has 0 aliphatic carbocycles. The molecule has 272 valence electrons. The fraction of sp³-hybridized carbons (Fsp3) is 0.478. The zero-order valence-electron chi connectivity index (χ0n) is 25.9. The number of aliphatic hydroxyl groups excluding tert-OH is 1. The van der Waals surface area contributed by atoms with E-state index in [-0.39, 0.29) is 64.9 Å². The minimum absolute atomic E-state index is 0.0165. The Morgan fingerprint density at radius 3 is 2.29 bits per heavy atom. The summed E-state index contributed by atoms with van der Waals surface area (Å²) < 4.78 is 70.5. The van der Waals surface area contributed by atoms with Gasteiger partial charge in [0, 0.05) is 18.2 Å². The number of rotatable bonds is 15. The molecule has 1 aliphatic rings. The molecular weight excluding hydrogens is 727 g/mol. The largest absolute Gasteiger partial charge is 0.493 e. The van der Waals surface area contributed by atoms with E-state index >= 15 is 0 Å². The average molecular weight is 759 g/mol. The number of benzene rings is 1. The van der Waals surface area contributed by atoms with Crippen molar-refractivity contribution in [2.75, 3.05) is 26.6 Å². The summed E-state index contributed by atoms with van der Waals surface area (Å²) in [5.74, 6) is 0.0420. The normalized spacial score (nSPS) is 23.7. The maximum atomic E-state index is 13.0. The number of phosphoric acid groups is 3. The number of hydrogen-bond acceptors (Lipinski definition) is 16. The minimum atomic E-state index is -5.81. The molecule has 4 unspecified atom stereocenters. The maximum absolute atomic E-state index is 13.0. The van der Waals surface area contributed by atoms with Gasteiger partial charge in [0.1, 0.15) is 11.3 Å². The number of nitrogens with one attached hydrogen (secondary N) is 1. The molecule has 5 atom stereocenters. The molecule has 4 rings (SSSR count). The highest BCUT2D eigenvalue weighted by atomic mass is 31.3. The van der Waals surface area contributed by atoms with Gasteiger partial charge in [-0.3, -0.25) is 24.4 Å². The number of aromatic amines is 1. The molecule has 1 aromatic carbocycles. The lowest BCUT2D eigenvalue weighted by molar-refractivity contribution is -0.386. The van der Waals surface area contributed by atoms with Crippen molar-refractivity contribution in [1.29, 1.82) is 0 Å². The van der Waals surface area contributed by atoms with Gasteiger partial charge in [-0.05, 0) is 19.9 Å². The van der Waals surface area contributed by atoms with Crippen LogP contribution in [0.1, 0.15) is 31.4 Å². The molecule has 2 aromatic heterocycles. The van der Waals surface area contributed by atoms with Crippen molar-refractivity contribution in [1.82, 2.24) is 14.5 Å². The van der Waals surface area contributed by atoms with Gasteiger partial charge in [0.05, 0.1) is 62.1 Å². The first-order valence-corrected chi connectivity index (χ1v) is 18.1. The molecule has 3 aromatic rings. The summed E-state index contributed by atoms with van der Waals surface area (Å²) >= 11 is 0. The summed E-state index contributed by atoms with van der Waals surface area (Å²) in [7, 11) is -14.3. The van der Waals surface area contributed by atoms with Crippen LogP contribution in [0.25, 0.3) is 11.0 Å². The van der Waals surface area contributed by atoms with E-state index in [1.54, 1.807) is 0 Å². The van der Waals surface area contributed by atoms with E-state index in [1.807, 2.05) is 0 Å². The molecule has 8 N–H and O–H groups in total. The number of anilines is 1. The zero-order chi connectivity index (χ0) is 36.7. The number of nitro benzene ring substituents is 1. The molecule has 1 aliphatic heterocycles. The molecule has 0 amide bonds. The van der Waals surface area contributed by atoms with Gasteiger partial charge in [0.2, 0.25) is 5.95 Å². The van der Waals surface area contributed by atoms with Crippen molar-refractivity contribution in [3.05, 3.63) is 49.9 Å². The zero-order valence-corrected chi connectivity index (χ0v) is 28.6. The number of methoxy groups -OCH3 is 2. The van der Waals surface area contributed by atoms with Crippen LogP contribution in [-0.2, 0) is 55.3 Å². The predicted molar refractivity (Wildman–Crippen MR) is 163 cm³/mol. The number of nitro groups is 1. The summed E-state index contributed by atoms with van der Waals surface area (Å²) in [6, 6.07) is 2.54. The fourth-order valence-corrected chi connectivity index (χ4v) is 8.25. The Hall–Kier alpha value is -3.27. The summed E-state index contributed by atoms with van der Waals surface area (Å²) in [5.41, 5.74) is 1.66. The first-order chi connectivity index (χ1) is 22.5. The van der Waals surface area contributed by atoms with Crippen molar-refractivity contribution < 1.29 is 75.4 Å². The smallest absolute Gasteiger partial charge is 0.490 e. The first-order valence-electron chi connectivity index (χ1n) is 13.6. The molecular formula is C23H32N5O18P3. The third-order valence-corrected chi connectivity index (χ3v) is 11.0. The average Bonchev–Trinajstić information content (AvgIpc) is 3.44. The Balaban J connectivity index is 1.60. The van der Waals surface area contributed by atoms with Gasteiger partial charge < -0.3 is 53.9 Å². The molecule has 0 radical (unpaired) electrons. The number of hydrogen-bond donors (Lipinski definition) is 7. The molecule has 0 bridgehead atoms. The summed E-state index contributed by atoms with van der Waals surface area (Å²) in [5, 5.41) is 22.6. The molecule has 1 saturated heterocycles. The van der Waals surface area contributed by atoms with Gasteiger partial charge in [0.25, 0.3) is 11.2 Å². The highest BCUT2D eigenvalue weighted by Crippen LogP contribution is 2.66. The second kappa shape index (κ2) is 13.8. The molecule has 0 saturated carbocycles. The van der Waals surface area contributed by atoms with Gasteiger partial charge in [-0.25, -0.2) is 13.7 Å². The topological polar surface area (TPSA) is 337 Å². The molecule has 23 nitrogen and oxygen atoms in total. The lowest BCUT2D eigenvalue weighted by Gasteiger charge is -2.32. The number of aliphatic hydroxyl groups is 1. The maximum Gasteiger partial charge on any atom is 0.490 e. The molecule has 1 fully saturated rings. The molecule has 0 spiro atoms. The number of fused-ring (bicyclic) bond motifs is 1. The van der Waals surface area contributed by atoms with Crippen molar-refractivity contribution in [3.63, 3.8) is 0 Å². The van der Waals surface area contributed by atoms with Crippen LogP contribution < -0.4 is 20.8 Å². The van der Waals surface area contributed by atoms with Gasteiger partial charge in [-0.1, -0.05) is 0 Å². The Bertz CT molecular complexity index is 1960.